The van der Waals surface area contributed by atoms with E-state index in [1.54, 1.807) is 0 Å². The number of rotatable bonds is 12. The summed E-state index contributed by atoms with van der Waals surface area (Å²) in [5.41, 5.74) is 0. The molecular weight excluding hydrogens is 251 g/mol. The molecule has 0 saturated heterocycles. The van der Waals surface area contributed by atoms with Crippen LogP contribution in [-0.4, -0.2) is 15.9 Å². The lowest BCUT2D eigenvalue weighted by Crippen LogP contribution is -1.88. The number of unbranched alkanes of at least 4 members (excludes halogenated alkanes) is 10. The summed E-state index contributed by atoms with van der Waals surface area (Å²) in [6.45, 7) is -0.661. The first-order chi connectivity index (χ1) is 8.06. The van der Waals surface area contributed by atoms with Crippen molar-refractivity contribution in [2.24, 2.45) is 0 Å². The Balaban J connectivity index is 3.01. The fourth-order valence-electron chi connectivity index (χ4n) is 1.98. The fraction of sp³-hybridized carbons (Fsp3) is 1.00. The van der Waals surface area contributed by atoms with Crippen molar-refractivity contribution >= 4 is 18.3 Å². The standard InChI is InChI=1S/C13H29O2PS/c1-2-3-4-5-6-7-8-9-10-11-12-13-16(14,15)17/h2-13H2,1H3,(H2,14,15,17). The van der Waals surface area contributed by atoms with Gasteiger partial charge in [0.05, 0.1) is 0 Å². The van der Waals surface area contributed by atoms with Crippen molar-refractivity contribution in [3.8, 4) is 0 Å². The lowest BCUT2D eigenvalue weighted by Gasteiger charge is -2.06. The molecule has 0 atom stereocenters. The van der Waals surface area contributed by atoms with Crippen LogP contribution in [0.1, 0.15) is 77.6 Å². The molecule has 0 heterocycles. The topological polar surface area (TPSA) is 40.5 Å². The summed E-state index contributed by atoms with van der Waals surface area (Å²) in [5.74, 6) is 0. The molecule has 0 aliphatic heterocycles. The van der Waals surface area contributed by atoms with Gasteiger partial charge in [0, 0.05) is 6.16 Å². The van der Waals surface area contributed by atoms with Crippen LogP contribution in [0.25, 0.3) is 0 Å². The third kappa shape index (κ3) is 16.6. The van der Waals surface area contributed by atoms with Gasteiger partial charge in [-0.15, -0.1) is 0 Å². The summed E-state index contributed by atoms with van der Waals surface area (Å²) < 4.78 is 0. The van der Waals surface area contributed by atoms with Gasteiger partial charge in [-0.05, 0) is 18.2 Å². The first kappa shape index (κ1) is 17.6. The largest absolute Gasteiger partial charge is 0.345 e. The molecule has 2 N–H and O–H groups in total. The molecule has 0 bridgehead atoms. The highest BCUT2D eigenvalue weighted by molar-refractivity contribution is 8.09. The second kappa shape index (κ2) is 11.6. The molecule has 0 aromatic rings. The normalized spacial score (nSPS) is 11.9. The first-order valence-corrected chi connectivity index (χ1v) is 10.00. The van der Waals surface area contributed by atoms with Crippen LogP contribution in [0.3, 0.4) is 0 Å². The quantitative estimate of drug-likeness (QED) is 0.406. The van der Waals surface area contributed by atoms with Crippen molar-refractivity contribution in [2.45, 2.75) is 77.6 Å². The van der Waals surface area contributed by atoms with E-state index in [0.717, 1.165) is 12.8 Å². The van der Waals surface area contributed by atoms with Gasteiger partial charge in [-0.1, -0.05) is 71.1 Å². The van der Waals surface area contributed by atoms with Crippen molar-refractivity contribution in [3.05, 3.63) is 0 Å². The van der Waals surface area contributed by atoms with E-state index in [-0.39, 0.29) is 0 Å². The van der Waals surface area contributed by atoms with Gasteiger partial charge in [0.2, 0.25) is 0 Å². The lowest BCUT2D eigenvalue weighted by molar-refractivity contribution is 0.473. The minimum atomic E-state index is -2.91. The van der Waals surface area contributed by atoms with Crippen LogP contribution in [0.15, 0.2) is 0 Å². The maximum Gasteiger partial charge on any atom is 0.183 e. The maximum atomic E-state index is 9.04. The van der Waals surface area contributed by atoms with Gasteiger partial charge >= 0.3 is 0 Å². The smallest absolute Gasteiger partial charge is 0.183 e. The molecule has 0 spiro atoms. The van der Waals surface area contributed by atoms with Crippen LogP contribution in [0.4, 0.5) is 0 Å². The van der Waals surface area contributed by atoms with Crippen LogP contribution in [0.2, 0.25) is 0 Å². The van der Waals surface area contributed by atoms with E-state index in [2.05, 4.69) is 18.7 Å². The zero-order valence-corrected chi connectivity index (χ0v) is 12.9. The van der Waals surface area contributed by atoms with E-state index in [1.807, 2.05) is 0 Å². The minimum absolute atomic E-state index is 0.430. The SMILES string of the molecule is CCCCCCCCCCCCCP(O)(O)=S. The molecule has 0 saturated carbocycles. The molecule has 17 heavy (non-hydrogen) atoms. The zero-order valence-electron chi connectivity index (χ0n) is 11.2. The van der Waals surface area contributed by atoms with Crippen LogP contribution in [0, 0.1) is 0 Å². The maximum absolute atomic E-state index is 9.04. The van der Waals surface area contributed by atoms with Crippen LogP contribution < -0.4 is 0 Å². The summed E-state index contributed by atoms with van der Waals surface area (Å²) in [6, 6.07) is 0. The Hall–Kier alpha value is 0.570. The van der Waals surface area contributed by atoms with E-state index in [4.69, 9.17) is 9.79 Å². The third-order valence-corrected chi connectivity index (χ3v) is 4.50. The fourth-order valence-corrected chi connectivity index (χ4v) is 3.00. The molecule has 0 aliphatic carbocycles. The lowest BCUT2D eigenvalue weighted by atomic mass is 10.1. The molecule has 0 unspecified atom stereocenters. The van der Waals surface area contributed by atoms with Gasteiger partial charge in [-0.3, -0.25) is 0 Å². The summed E-state index contributed by atoms with van der Waals surface area (Å²) >= 11 is 4.58. The Kier molecular flexibility index (Phi) is 12.0. The molecule has 0 aromatic heterocycles. The van der Waals surface area contributed by atoms with Crippen molar-refractivity contribution in [1.29, 1.82) is 0 Å². The number of hydrogen-bond acceptors (Lipinski definition) is 1. The van der Waals surface area contributed by atoms with Crippen molar-refractivity contribution in [1.82, 2.24) is 0 Å². The zero-order chi connectivity index (χ0) is 13.0. The molecule has 0 rings (SSSR count). The molecular formula is C13H29O2PS. The minimum Gasteiger partial charge on any atom is -0.345 e. The summed E-state index contributed by atoms with van der Waals surface area (Å²) in [7, 11) is 0. The second-order valence-electron chi connectivity index (χ2n) is 4.92. The average Bonchev–Trinajstić information content (AvgIpc) is 2.24. The van der Waals surface area contributed by atoms with Crippen molar-refractivity contribution in [2.75, 3.05) is 6.16 Å². The summed E-state index contributed by atoms with van der Waals surface area (Å²) in [5, 5.41) is 0. The Morgan fingerprint density at radius 1 is 0.706 bits per heavy atom. The molecule has 0 amide bonds. The molecule has 104 valence electrons. The molecule has 4 heteroatoms. The van der Waals surface area contributed by atoms with E-state index >= 15 is 0 Å². The summed E-state index contributed by atoms with van der Waals surface area (Å²) in [6.07, 6.45) is 14.5. The Morgan fingerprint density at radius 3 is 1.41 bits per heavy atom. The van der Waals surface area contributed by atoms with Crippen LogP contribution >= 0.6 is 6.49 Å². The van der Waals surface area contributed by atoms with Gasteiger partial charge in [0.1, 0.15) is 0 Å². The predicted octanol–water partition coefficient (Wildman–Crippen LogP) is 4.59. The van der Waals surface area contributed by atoms with Gasteiger partial charge in [-0.2, -0.15) is 0 Å². The molecule has 0 fully saturated rings. The number of hydrogen-bond donors (Lipinski definition) is 2. The Labute approximate surface area is 112 Å². The first-order valence-electron chi connectivity index (χ1n) is 7.11. The van der Waals surface area contributed by atoms with E-state index in [0.29, 0.717) is 6.16 Å². The van der Waals surface area contributed by atoms with Crippen LogP contribution in [-0.2, 0) is 11.8 Å². The van der Waals surface area contributed by atoms with Crippen molar-refractivity contribution < 1.29 is 9.79 Å². The second-order valence-corrected chi connectivity index (χ2v) is 8.45. The molecule has 2 nitrogen and oxygen atoms in total. The van der Waals surface area contributed by atoms with Gasteiger partial charge in [-0.25, -0.2) is 0 Å². The van der Waals surface area contributed by atoms with Crippen molar-refractivity contribution in [3.63, 3.8) is 0 Å². The Morgan fingerprint density at radius 2 is 1.06 bits per heavy atom. The van der Waals surface area contributed by atoms with Gasteiger partial charge in [0.25, 0.3) is 0 Å². The van der Waals surface area contributed by atoms with Crippen LogP contribution in [0.5, 0.6) is 0 Å². The molecule has 0 aliphatic rings. The van der Waals surface area contributed by atoms with E-state index < -0.39 is 6.49 Å². The van der Waals surface area contributed by atoms with E-state index in [1.165, 1.54) is 57.8 Å². The highest BCUT2D eigenvalue weighted by Crippen LogP contribution is 2.36. The van der Waals surface area contributed by atoms with Gasteiger partial charge in [0.15, 0.2) is 6.49 Å². The Bertz CT molecular complexity index is 204. The monoisotopic (exact) mass is 280 g/mol. The van der Waals surface area contributed by atoms with Gasteiger partial charge < -0.3 is 9.79 Å². The van der Waals surface area contributed by atoms with E-state index in [9.17, 15) is 0 Å². The predicted molar refractivity (Wildman–Crippen MR) is 80.1 cm³/mol. The molecule has 0 radical (unpaired) electrons. The third-order valence-electron chi connectivity index (χ3n) is 3.05. The average molecular weight is 280 g/mol. The highest BCUT2D eigenvalue weighted by atomic mass is 32.5. The molecule has 0 aromatic carbocycles. The highest BCUT2D eigenvalue weighted by Gasteiger charge is 2.05. The summed E-state index contributed by atoms with van der Waals surface area (Å²) in [4.78, 5) is 18.1.